The highest BCUT2D eigenvalue weighted by atomic mass is 19.1. The molecule has 21 heavy (non-hydrogen) atoms. The zero-order chi connectivity index (χ0) is 15.0. The van der Waals surface area contributed by atoms with Crippen LogP contribution in [-0.4, -0.2) is 50.4 Å². The third-order valence-corrected chi connectivity index (χ3v) is 3.73. The maximum absolute atomic E-state index is 13.5. The Kier molecular flexibility index (Phi) is 3.59. The van der Waals surface area contributed by atoms with Crippen LogP contribution < -0.4 is 4.90 Å². The minimum Gasteiger partial charge on any atom is -0.394 e. The normalized spacial score (nSPS) is 22.0. The Morgan fingerprint density at radius 3 is 2.57 bits per heavy atom. The first-order chi connectivity index (χ1) is 10.1. The van der Waals surface area contributed by atoms with Gasteiger partial charge in [-0.2, -0.15) is 5.10 Å². The summed E-state index contributed by atoms with van der Waals surface area (Å²) in [7, 11) is 0. The van der Waals surface area contributed by atoms with E-state index in [4.69, 9.17) is 0 Å². The maximum Gasteiger partial charge on any atom is 0.176 e. The van der Waals surface area contributed by atoms with Crippen LogP contribution in [0.5, 0.6) is 0 Å². The minimum atomic E-state index is -0.931. The van der Waals surface area contributed by atoms with Crippen molar-refractivity contribution in [1.82, 2.24) is 20.0 Å². The Hall–Kier alpha value is -2.02. The van der Waals surface area contributed by atoms with Crippen molar-refractivity contribution in [3.63, 3.8) is 0 Å². The van der Waals surface area contributed by atoms with Gasteiger partial charge in [-0.05, 0) is 32.0 Å². The minimum absolute atomic E-state index is 0.0820. The van der Waals surface area contributed by atoms with Gasteiger partial charge in [-0.1, -0.05) is 0 Å². The molecule has 0 amide bonds. The number of alkyl halides is 1. The summed E-state index contributed by atoms with van der Waals surface area (Å²) in [4.78, 5) is 1.77. The van der Waals surface area contributed by atoms with E-state index in [9.17, 15) is 9.50 Å². The van der Waals surface area contributed by atoms with E-state index >= 15 is 0 Å². The van der Waals surface area contributed by atoms with Gasteiger partial charge in [-0.3, -0.25) is 0 Å². The molecule has 1 fully saturated rings. The zero-order valence-corrected chi connectivity index (χ0v) is 12.1. The van der Waals surface area contributed by atoms with Crippen molar-refractivity contribution >= 4 is 5.82 Å². The molecule has 0 aromatic carbocycles. The fraction of sp³-hybridized carbons (Fsp3) is 0.500. The number of aryl methyl sites for hydroxylation is 2. The van der Waals surface area contributed by atoms with Gasteiger partial charge in [0.1, 0.15) is 6.17 Å². The number of aliphatic hydroxyl groups is 1. The lowest BCUT2D eigenvalue weighted by molar-refractivity contribution is 0.255. The average molecular weight is 291 g/mol. The largest absolute Gasteiger partial charge is 0.394 e. The Labute approximate surface area is 122 Å². The molecule has 0 unspecified atom stereocenters. The Balaban J connectivity index is 1.86. The van der Waals surface area contributed by atoms with E-state index in [1.807, 2.05) is 26.0 Å². The van der Waals surface area contributed by atoms with Crippen molar-refractivity contribution in [2.45, 2.75) is 32.5 Å². The summed E-state index contributed by atoms with van der Waals surface area (Å²) < 4.78 is 15.2. The molecule has 2 atom stereocenters. The van der Waals surface area contributed by atoms with Gasteiger partial charge in [0.25, 0.3) is 0 Å². The Morgan fingerprint density at radius 2 is 2.00 bits per heavy atom. The molecular weight excluding hydrogens is 273 g/mol. The van der Waals surface area contributed by atoms with Crippen molar-refractivity contribution < 1.29 is 9.50 Å². The summed E-state index contributed by atoms with van der Waals surface area (Å²) in [6, 6.07) is 5.33. The number of aliphatic hydroxyl groups excluding tert-OH is 1. The van der Waals surface area contributed by atoms with Gasteiger partial charge in [0.05, 0.1) is 24.9 Å². The third kappa shape index (κ3) is 2.61. The summed E-state index contributed by atoms with van der Waals surface area (Å²) in [5.41, 5.74) is 1.89. The predicted octanol–water partition coefficient (Wildman–Crippen LogP) is 1.19. The van der Waals surface area contributed by atoms with Gasteiger partial charge in [0, 0.05) is 12.1 Å². The van der Waals surface area contributed by atoms with E-state index < -0.39 is 6.17 Å². The molecule has 0 bridgehead atoms. The molecule has 3 heterocycles. The lowest BCUT2D eigenvalue weighted by Gasteiger charge is -2.23. The van der Waals surface area contributed by atoms with Crippen LogP contribution in [-0.2, 0) is 0 Å². The van der Waals surface area contributed by atoms with Crippen molar-refractivity contribution in [3.05, 3.63) is 29.6 Å². The molecule has 0 aliphatic carbocycles. The summed E-state index contributed by atoms with van der Waals surface area (Å²) in [5.74, 6) is 1.21. The molecule has 1 aliphatic heterocycles. The molecule has 2 aromatic heterocycles. The van der Waals surface area contributed by atoms with Crippen LogP contribution in [0.3, 0.4) is 0 Å². The topological polar surface area (TPSA) is 67.1 Å². The van der Waals surface area contributed by atoms with Crippen LogP contribution in [0.25, 0.3) is 5.82 Å². The SMILES string of the molecule is Cc1cc(C)n(-c2ccc(N3C[C@@H](F)C[C@H]3CO)nn2)n1. The highest BCUT2D eigenvalue weighted by Gasteiger charge is 2.32. The smallest absolute Gasteiger partial charge is 0.176 e. The predicted molar refractivity (Wildman–Crippen MR) is 76.4 cm³/mol. The van der Waals surface area contributed by atoms with Crippen LogP contribution in [0.2, 0.25) is 0 Å². The molecule has 112 valence electrons. The lowest BCUT2D eigenvalue weighted by Crippen LogP contribution is -2.33. The summed E-state index contributed by atoms with van der Waals surface area (Å²) in [6.45, 7) is 4.04. The van der Waals surface area contributed by atoms with Gasteiger partial charge < -0.3 is 10.0 Å². The molecule has 1 N–H and O–H groups in total. The van der Waals surface area contributed by atoms with E-state index in [-0.39, 0.29) is 19.2 Å². The van der Waals surface area contributed by atoms with Gasteiger partial charge in [0.15, 0.2) is 11.6 Å². The monoisotopic (exact) mass is 291 g/mol. The van der Waals surface area contributed by atoms with Gasteiger partial charge >= 0.3 is 0 Å². The molecular formula is C14H18FN5O. The fourth-order valence-electron chi connectivity index (χ4n) is 2.76. The van der Waals surface area contributed by atoms with Crippen molar-refractivity contribution in [1.29, 1.82) is 0 Å². The van der Waals surface area contributed by atoms with Crippen LogP contribution in [0, 0.1) is 13.8 Å². The molecule has 6 nitrogen and oxygen atoms in total. The zero-order valence-electron chi connectivity index (χ0n) is 12.1. The highest BCUT2D eigenvalue weighted by Crippen LogP contribution is 2.25. The van der Waals surface area contributed by atoms with E-state index in [1.54, 1.807) is 15.6 Å². The lowest BCUT2D eigenvalue weighted by atomic mass is 10.2. The van der Waals surface area contributed by atoms with E-state index in [0.717, 1.165) is 11.4 Å². The van der Waals surface area contributed by atoms with Crippen LogP contribution in [0.15, 0.2) is 18.2 Å². The first-order valence-corrected chi connectivity index (χ1v) is 6.97. The number of hydrogen-bond donors (Lipinski definition) is 1. The molecule has 3 rings (SSSR count). The van der Waals surface area contributed by atoms with Gasteiger partial charge in [-0.15, -0.1) is 10.2 Å². The maximum atomic E-state index is 13.5. The van der Waals surface area contributed by atoms with Crippen molar-refractivity contribution in [2.24, 2.45) is 0 Å². The molecule has 0 saturated carbocycles. The molecule has 2 aromatic rings. The van der Waals surface area contributed by atoms with Gasteiger partial charge in [0.2, 0.25) is 0 Å². The Morgan fingerprint density at radius 1 is 1.29 bits per heavy atom. The highest BCUT2D eigenvalue weighted by molar-refractivity contribution is 5.43. The quantitative estimate of drug-likeness (QED) is 0.920. The third-order valence-electron chi connectivity index (χ3n) is 3.73. The summed E-state index contributed by atoms with van der Waals surface area (Å²) in [6.07, 6.45) is -0.600. The van der Waals surface area contributed by atoms with E-state index in [0.29, 0.717) is 18.1 Å². The van der Waals surface area contributed by atoms with E-state index in [1.165, 1.54) is 0 Å². The number of aromatic nitrogens is 4. The second-order valence-corrected chi connectivity index (χ2v) is 5.41. The number of hydrogen-bond acceptors (Lipinski definition) is 5. The number of anilines is 1. The van der Waals surface area contributed by atoms with Crippen molar-refractivity contribution in [2.75, 3.05) is 18.1 Å². The molecule has 1 saturated heterocycles. The van der Waals surface area contributed by atoms with Crippen LogP contribution in [0.1, 0.15) is 17.8 Å². The first kappa shape index (κ1) is 13.9. The molecule has 0 spiro atoms. The average Bonchev–Trinajstić information content (AvgIpc) is 3.01. The molecule has 7 heteroatoms. The number of nitrogens with zero attached hydrogens (tertiary/aromatic N) is 5. The van der Waals surface area contributed by atoms with Crippen LogP contribution in [0.4, 0.5) is 10.2 Å². The molecule has 0 radical (unpaired) electrons. The second-order valence-electron chi connectivity index (χ2n) is 5.41. The van der Waals surface area contributed by atoms with Gasteiger partial charge in [-0.25, -0.2) is 9.07 Å². The Bertz CT molecular complexity index is 627. The number of halogens is 1. The van der Waals surface area contributed by atoms with E-state index in [2.05, 4.69) is 15.3 Å². The fourth-order valence-corrected chi connectivity index (χ4v) is 2.76. The summed E-state index contributed by atoms with van der Waals surface area (Å²) >= 11 is 0. The standard InChI is InChI=1S/C14H18FN5O/c1-9-5-10(2)20(18-9)14-4-3-13(16-17-14)19-7-11(15)6-12(19)8-21/h3-5,11-12,21H,6-8H2,1-2H3/t11-,12-/m0/s1. The van der Waals surface area contributed by atoms with Crippen molar-refractivity contribution in [3.8, 4) is 5.82 Å². The second kappa shape index (κ2) is 5.40. The summed E-state index contributed by atoms with van der Waals surface area (Å²) in [5, 5.41) is 22.0. The number of rotatable bonds is 3. The molecule has 1 aliphatic rings. The van der Waals surface area contributed by atoms with Crippen LogP contribution >= 0.6 is 0 Å². The first-order valence-electron chi connectivity index (χ1n) is 6.97.